The molecule has 0 radical (unpaired) electrons. The molecule has 1 N–H and O–H groups in total. The van der Waals surface area contributed by atoms with Crippen LogP contribution in [-0.4, -0.2) is 51.8 Å². The van der Waals surface area contributed by atoms with Gasteiger partial charge in [0.05, 0.1) is 12.8 Å². The molecule has 0 aliphatic carbocycles. The molecule has 1 aromatic rings. The Morgan fingerprint density at radius 3 is 2.68 bits per heavy atom. The number of carbonyl (C=O) groups is 1. The first-order valence-corrected chi connectivity index (χ1v) is 7.68. The number of benzene rings is 1. The smallest absolute Gasteiger partial charge is 0.225 e. The number of unbranched alkanes of at least 4 members (excludes halogenated alkanes) is 1. The average Bonchev–Trinajstić information content (AvgIpc) is 2.50. The zero-order valence-corrected chi connectivity index (χ0v) is 14.1. The molecule has 0 fully saturated rings. The Morgan fingerprint density at radius 1 is 1.23 bits per heavy atom. The third-order valence-corrected chi connectivity index (χ3v) is 3.49. The van der Waals surface area contributed by atoms with Crippen molar-refractivity contribution in [3.05, 3.63) is 23.8 Å². The highest BCUT2D eigenvalue weighted by molar-refractivity contribution is 5.92. The highest BCUT2D eigenvalue weighted by Crippen LogP contribution is 2.25. The second kappa shape index (κ2) is 10.2. The third-order valence-electron chi connectivity index (χ3n) is 3.49. The van der Waals surface area contributed by atoms with Gasteiger partial charge in [0, 0.05) is 26.7 Å². The van der Waals surface area contributed by atoms with Crippen molar-refractivity contribution >= 4 is 11.6 Å². The van der Waals surface area contributed by atoms with E-state index in [1.54, 1.807) is 14.2 Å². The SMILES string of the molecule is COCCCCN(C)CCC(=O)Nc1cc(C)ccc1OC. The van der Waals surface area contributed by atoms with Gasteiger partial charge in [0.2, 0.25) is 5.91 Å². The lowest BCUT2D eigenvalue weighted by molar-refractivity contribution is -0.116. The van der Waals surface area contributed by atoms with Gasteiger partial charge >= 0.3 is 0 Å². The number of nitrogens with one attached hydrogen (secondary N) is 1. The molecule has 0 bridgehead atoms. The summed E-state index contributed by atoms with van der Waals surface area (Å²) in [4.78, 5) is 14.2. The van der Waals surface area contributed by atoms with E-state index in [0.29, 0.717) is 12.2 Å². The topological polar surface area (TPSA) is 50.8 Å². The summed E-state index contributed by atoms with van der Waals surface area (Å²) in [5.74, 6) is 0.694. The van der Waals surface area contributed by atoms with Crippen molar-refractivity contribution in [2.45, 2.75) is 26.2 Å². The van der Waals surface area contributed by atoms with Crippen LogP contribution in [0.15, 0.2) is 18.2 Å². The van der Waals surface area contributed by atoms with E-state index in [-0.39, 0.29) is 5.91 Å². The lowest BCUT2D eigenvalue weighted by atomic mass is 10.2. The molecule has 1 amide bonds. The summed E-state index contributed by atoms with van der Waals surface area (Å²) in [6.07, 6.45) is 2.60. The largest absolute Gasteiger partial charge is 0.495 e. The van der Waals surface area contributed by atoms with E-state index in [9.17, 15) is 4.79 Å². The quantitative estimate of drug-likeness (QED) is 0.675. The molecule has 124 valence electrons. The van der Waals surface area contributed by atoms with Gasteiger partial charge in [-0.25, -0.2) is 0 Å². The number of hydrogen-bond acceptors (Lipinski definition) is 4. The highest BCUT2D eigenvalue weighted by atomic mass is 16.5. The Labute approximate surface area is 133 Å². The number of ether oxygens (including phenoxy) is 2. The summed E-state index contributed by atoms with van der Waals surface area (Å²) in [5, 5.41) is 2.92. The second-order valence-electron chi connectivity index (χ2n) is 5.51. The lowest BCUT2D eigenvalue weighted by Crippen LogP contribution is -2.25. The van der Waals surface area contributed by atoms with Crippen LogP contribution in [0.3, 0.4) is 0 Å². The molecule has 0 spiro atoms. The van der Waals surface area contributed by atoms with Crippen LogP contribution in [-0.2, 0) is 9.53 Å². The fourth-order valence-electron chi connectivity index (χ4n) is 2.16. The van der Waals surface area contributed by atoms with Crippen LogP contribution in [0.25, 0.3) is 0 Å². The van der Waals surface area contributed by atoms with Crippen LogP contribution in [0.4, 0.5) is 5.69 Å². The first kappa shape index (κ1) is 18.5. The van der Waals surface area contributed by atoms with Gasteiger partial charge in [-0.2, -0.15) is 0 Å². The number of aryl methyl sites for hydroxylation is 1. The normalized spacial score (nSPS) is 10.8. The molecule has 0 aliphatic heterocycles. The molecule has 0 aliphatic rings. The van der Waals surface area contributed by atoms with Crippen LogP contribution in [0.5, 0.6) is 5.75 Å². The maximum atomic E-state index is 12.1. The number of methoxy groups -OCH3 is 2. The van der Waals surface area contributed by atoms with Crippen molar-refractivity contribution in [2.24, 2.45) is 0 Å². The van der Waals surface area contributed by atoms with E-state index in [1.165, 1.54) is 0 Å². The van der Waals surface area contributed by atoms with E-state index in [1.807, 2.05) is 32.2 Å². The first-order chi connectivity index (χ1) is 10.6. The Balaban J connectivity index is 2.35. The molecule has 5 heteroatoms. The van der Waals surface area contributed by atoms with E-state index in [0.717, 1.165) is 43.8 Å². The van der Waals surface area contributed by atoms with E-state index >= 15 is 0 Å². The van der Waals surface area contributed by atoms with Crippen molar-refractivity contribution in [1.29, 1.82) is 0 Å². The number of carbonyl (C=O) groups excluding carboxylic acids is 1. The Morgan fingerprint density at radius 2 is 2.00 bits per heavy atom. The van der Waals surface area contributed by atoms with Gasteiger partial charge in [0.1, 0.15) is 5.75 Å². The number of amides is 1. The maximum absolute atomic E-state index is 12.1. The predicted molar refractivity (Wildman–Crippen MR) is 89.6 cm³/mol. The van der Waals surface area contributed by atoms with Crippen LogP contribution < -0.4 is 10.1 Å². The van der Waals surface area contributed by atoms with Crippen molar-refractivity contribution in [2.75, 3.05) is 46.3 Å². The molecule has 5 nitrogen and oxygen atoms in total. The second-order valence-corrected chi connectivity index (χ2v) is 5.51. The van der Waals surface area contributed by atoms with Gasteiger partial charge in [-0.1, -0.05) is 6.07 Å². The van der Waals surface area contributed by atoms with Crippen molar-refractivity contribution in [1.82, 2.24) is 4.90 Å². The zero-order chi connectivity index (χ0) is 16.4. The predicted octanol–water partition coefficient (Wildman–Crippen LogP) is 2.69. The molecule has 0 unspecified atom stereocenters. The fraction of sp³-hybridized carbons (Fsp3) is 0.588. The maximum Gasteiger partial charge on any atom is 0.225 e. The molecule has 0 heterocycles. The molecule has 22 heavy (non-hydrogen) atoms. The molecular formula is C17H28N2O3. The van der Waals surface area contributed by atoms with Crippen molar-refractivity contribution in [3.63, 3.8) is 0 Å². The average molecular weight is 308 g/mol. The number of nitrogens with zero attached hydrogens (tertiary/aromatic N) is 1. The van der Waals surface area contributed by atoms with Crippen LogP contribution in [0.2, 0.25) is 0 Å². The van der Waals surface area contributed by atoms with Gasteiger partial charge in [-0.15, -0.1) is 0 Å². The molecule has 0 saturated heterocycles. The molecule has 0 aromatic heterocycles. The summed E-state index contributed by atoms with van der Waals surface area (Å²) in [7, 11) is 5.36. The van der Waals surface area contributed by atoms with Crippen LogP contribution >= 0.6 is 0 Å². The zero-order valence-electron chi connectivity index (χ0n) is 14.1. The van der Waals surface area contributed by atoms with Gasteiger partial charge in [-0.05, 0) is 51.1 Å². The Bertz CT molecular complexity index is 463. The third kappa shape index (κ3) is 6.91. The minimum atomic E-state index is 0.00708. The van der Waals surface area contributed by atoms with Crippen molar-refractivity contribution < 1.29 is 14.3 Å². The summed E-state index contributed by atoms with van der Waals surface area (Å²) < 4.78 is 10.3. The molecule has 0 atom stereocenters. The molecule has 1 rings (SSSR count). The van der Waals surface area contributed by atoms with Crippen LogP contribution in [0.1, 0.15) is 24.8 Å². The minimum absolute atomic E-state index is 0.00708. The summed E-state index contributed by atoms with van der Waals surface area (Å²) in [5.41, 5.74) is 1.82. The van der Waals surface area contributed by atoms with Gasteiger partial charge in [0.25, 0.3) is 0 Å². The van der Waals surface area contributed by atoms with E-state index in [2.05, 4.69) is 10.2 Å². The number of rotatable bonds is 10. The standard InChI is InChI=1S/C17H28N2O3/c1-14-7-8-16(22-4)15(13-14)18-17(20)9-11-19(2)10-5-6-12-21-3/h7-8,13H,5-6,9-12H2,1-4H3,(H,18,20). The summed E-state index contributed by atoms with van der Waals surface area (Å²) >= 11 is 0. The summed E-state index contributed by atoms with van der Waals surface area (Å²) in [6, 6.07) is 5.75. The van der Waals surface area contributed by atoms with Gasteiger partial charge in [0.15, 0.2) is 0 Å². The fourth-order valence-corrected chi connectivity index (χ4v) is 2.16. The van der Waals surface area contributed by atoms with E-state index in [4.69, 9.17) is 9.47 Å². The number of anilines is 1. The van der Waals surface area contributed by atoms with Gasteiger partial charge < -0.3 is 19.7 Å². The Kier molecular flexibility index (Phi) is 8.55. The molecule has 1 aromatic carbocycles. The minimum Gasteiger partial charge on any atom is -0.495 e. The monoisotopic (exact) mass is 308 g/mol. The number of hydrogen-bond donors (Lipinski definition) is 1. The lowest BCUT2D eigenvalue weighted by Gasteiger charge is -2.16. The first-order valence-electron chi connectivity index (χ1n) is 7.68. The van der Waals surface area contributed by atoms with Crippen LogP contribution in [0, 0.1) is 6.92 Å². The van der Waals surface area contributed by atoms with Crippen molar-refractivity contribution in [3.8, 4) is 5.75 Å². The molecule has 0 saturated carbocycles. The summed E-state index contributed by atoms with van der Waals surface area (Å²) in [6.45, 7) is 4.50. The van der Waals surface area contributed by atoms with Gasteiger partial charge in [-0.3, -0.25) is 4.79 Å². The Hall–Kier alpha value is -1.59. The van der Waals surface area contributed by atoms with E-state index < -0.39 is 0 Å². The molecular weight excluding hydrogens is 280 g/mol. The highest BCUT2D eigenvalue weighted by Gasteiger charge is 2.09.